The first-order valence-electron chi connectivity index (χ1n) is 6.55. The normalized spacial score (nSPS) is 25.5. The molecular weight excluding hydrogens is 218 g/mol. The zero-order chi connectivity index (χ0) is 12.8. The lowest BCUT2D eigenvalue weighted by Gasteiger charge is -2.15. The highest BCUT2D eigenvalue weighted by molar-refractivity contribution is 5.83. The number of hydrogen-bond donors (Lipinski definition) is 2. The van der Waals surface area contributed by atoms with Crippen LogP contribution in [0.3, 0.4) is 0 Å². The Morgan fingerprint density at radius 3 is 2.59 bits per heavy atom. The van der Waals surface area contributed by atoms with Gasteiger partial charge in [-0.3, -0.25) is 4.79 Å². The van der Waals surface area contributed by atoms with Gasteiger partial charge < -0.3 is 10.4 Å². The molecule has 1 amide bonds. The van der Waals surface area contributed by atoms with Crippen molar-refractivity contribution in [2.24, 2.45) is 11.8 Å². The summed E-state index contributed by atoms with van der Waals surface area (Å²) in [6.07, 6.45) is 5.13. The monoisotopic (exact) mass is 241 g/mol. The lowest BCUT2D eigenvalue weighted by molar-refractivity contribution is -0.142. The quantitative estimate of drug-likeness (QED) is 0.749. The number of amides is 1. The van der Waals surface area contributed by atoms with E-state index < -0.39 is 12.0 Å². The van der Waals surface area contributed by atoms with Gasteiger partial charge in [-0.15, -0.1) is 0 Å². The summed E-state index contributed by atoms with van der Waals surface area (Å²) in [7, 11) is 0. The summed E-state index contributed by atoms with van der Waals surface area (Å²) in [4.78, 5) is 22.6. The first-order chi connectivity index (χ1) is 8.02. The SMILES string of the molecule is CCCC(NC(=O)CC1CCC(C)C1)C(=O)O. The number of rotatable bonds is 6. The number of carbonyl (C=O) groups is 2. The van der Waals surface area contributed by atoms with Crippen LogP contribution in [0.15, 0.2) is 0 Å². The van der Waals surface area contributed by atoms with Gasteiger partial charge in [-0.25, -0.2) is 4.79 Å². The van der Waals surface area contributed by atoms with Crippen LogP contribution in [-0.4, -0.2) is 23.0 Å². The van der Waals surface area contributed by atoms with Crippen LogP contribution in [0, 0.1) is 11.8 Å². The van der Waals surface area contributed by atoms with Crippen LogP contribution in [0.5, 0.6) is 0 Å². The van der Waals surface area contributed by atoms with Crippen LogP contribution in [0.2, 0.25) is 0 Å². The van der Waals surface area contributed by atoms with E-state index >= 15 is 0 Å². The summed E-state index contributed by atoms with van der Waals surface area (Å²) in [6.45, 7) is 4.12. The Kier molecular flexibility index (Phi) is 5.45. The number of carboxylic acids is 1. The predicted octanol–water partition coefficient (Wildman–Crippen LogP) is 2.18. The predicted molar refractivity (Wildman–Crippen MR) is 65.6 cm³/mol. The standard InChI is InChI=1S/C13H23NO3/c1-3-4-11(13(16)17)14-12(15)8-10-6-5-9(2)7-10/h9-11H,3-8H2,1-2H3,(H,14,15)(H,16,17). The van der Waals surface area contributed by atoms with E-state index in [9.17, 15) is 9.59 Å². The van der Waals surface area contributed by atoms with E-state index in [1.54, 1.807) is 0 Å². The largest absolute Gasteiger partial charge is 0.480 e. The van der Waals surface area contributed by atoms with Gasteiger partial charge in [0.2, 0.25) is 5.91 Å². The van der Waals surface area contributed by atoms with E-state index in [2.05, 4.69) is 12.2 Å². The molecule has 0 aromatic carbocycles. The second kappa shape index (κ2) is 6.62. The van der Waals surface area contributed by atoms with Crippen LogP contribution in [0.25, 0.3) is 0 Å². The molecule has 0 aliphatic heterocycles. The minimum atomic E-state index is -0.931. The molecule has 98 valence electrons. The van der Waals surface area contributed by atoms with Crippen LogP contribution in [0.1, 0.15) is 52.4 Å². The maximum Gasteiger partial charge on any atom is 0.326 e. The summed E-state index contributed by atoms with van der Waals surface area (Å²) in [5.74, 6) is 0.115. The minimum absolute atomic E-state index is 0.107. The lowest BCUT2D eigenvalue weighted by Crippen LogP contribution is -2.41. The fourth-order valence-corrected chi connectivity index (χ4v) is 2.57. The Morgan fingerprint density at radius 2 is 2.12 bits per heavy atom. The third kappa shape index (κ3) is 4.75. The summed E-state index contributed by atoms with van der Waals surface area (Å²) < 4.78 is 0. The van der Waals surface area contributed by atoms with Gasteiger partial charge in [0.25, 0.3) is 0 Å². The number of hydrogen-bond acceptors (Lipinski definition) is 2. The topological polar surface area (TPSA) is 66.4 Å². The second-order valence-electron chi connectivity index (χ2n) is 5.24. The third-order valence-electron chi connectivity index (χ3n) is 3.49. The number of carbonyl (C=O) groups excluding carboxylic acids is 1. The molecule has 1 saturated carbocycles. The number of aliphatic carboxylic acids is 1. The molecule has 0 aromatic heterocycles. The molecule has 0 radical (unpaired) electrons. The van der Waals surface area contributed by atoms with Crippen molar-refractivity contribution in [3.8, 4) is 0 Å². The molecule has 0 spiro atoms. The van der Waals surface area contributed by atoms with Gasteiger partial charge in [-0.2, -0.15) is 0 Å². The molecular formula is C13H23NO3. The van der Waals surface area contributed by atoms with Crippen molar-refractivity contribution in [2.75, 3.05) is 0 Å². The summed E-state index contributed by atoms with van der Waals surface area (Å²) >= 11 is 0. The van der Waals surface area contributed by atoms with Crippen LogP contribution < -0.4 is 5.32 Å². The zero-order valence-corrected chi connectivity index (χ0v) is 10.7. The first-order valence-corrected chi connectivity index (χ1v) is 6.55. The Bertz CT molecular complexity index is 278. The van der Waals surface area contributed by atoms with Gasteiger partial charge in [-0.1, -0.05) is 26.7 Å². The van der Waals surface area contributed by atoms with E-state index in [1.165, 1.54) is 6.42 Å². The molecule has 2 N–H and O–H groups in total. The maximum absolute atomic E-state index is 11.7. The van der Waals surface area contributed by atoms with Gasteiger partial charge in [0.05, 0.1) is 0 Å². The average molecular weight is 241 g/mol. The second-order valence-corrected chi connectivity index (χ2v) is 5.24. The number of nitrogens with one attached hydrogen (secondary N) is 1. The molecule has 1 aliphatic carbocycles. The summed E-state index contributed by atoms with van der Waals surface area (Å²) in [6, 6.07) is -0.716. The van der Waals surface area contributed by atoms with Gasteiger partial charge in [0.1, 0.15) is 6.04 Å². The molecule has 3 atom stereocenters. The molecule has 1 fully saturated rings. The van der Waals surface area contributed by atoms with E-state index in [1.807, 2.05) is 6.92 Å². The fraction of sp³-hybridized carbons (Fsp3) is 0.846. The van der Waals surface area contributed by atoms with Crippen molar-refractivity contribution in [3.63, 3.8) is 0 Å². The molecule has 0 aromatic rings. The van der Waals surface area contributed by atoms with Crippen molar-refractivity contribution < 1.29 is 14.7 Å². The van der Waals surface area contributed by atoms with Gasteiger partial charge in [0, 0.05) is 6.42 Å². The van der Waals surface area contributed by atoms with Crippen molar-refractivity contribution >= 4 is 11.9 Å². The van der Waals surface area contributed by atoms with Crippen LogP contribution in [0.4, 0.5) is 0 Å². The Balaban J connectivity index is 2.34. The fourth-order valence-electron chi connectivity index (χ4n) is 2.57. The first kappa shape index (κ1) is 14.0. The number of carboxylic acid groups (broad SMARTS) is 1. The van der Waals surface area contributed by atoms with Gasteiger partial charge in [-0.05, 0) is 31.1 Å². The van der Waals surface area contributed by atoms with Gasteiger partial charge >= 0.3 is 5.97 Å². The zero-order valence-electron chi connectivity index (χ0n) is 10.7. The van der Waals surface area contributed by atoms with Crippen molar-refractivity contribution in [1.82, 2.24) is 5.32 Å². The smallest absolute Gasteiger partial charge is 0.326 e. The molecule has 1 aliphatic rings. The molecule has 4 heteroatoms. The van der Waals surface area contributed by atoms with Crippen LogP contribution >= 0.6 is 0 Å². The van der Waals surface area contributed by atoms with Gasteiger partial charge in [0.15, 0.2) is 0 Å². The molecule has 17 heavy (non-hydrogen) atoms. The molecule has 0 saturated heterocycles. The highest BCUT2D eigenvalue weighted by Crippen LogP contribution is 2.32. The highest BCUT2D eigenvalue weighted by atomic mass is 16.4. The van der Waals surface area contributed by atoms with E-state index in [0.29, 0.717) is 24.7 Å². The van der Waals surface area contributed by atoms with E-state index in [4.69, 9.17) is 5.11 Å². The Labute approximate surface area is 103 Å². The molecule has 4 nitrogen and oxygen atoms in total. The van der Waals surface area contributed by atoms with Crippen molar-refractivity contribution in [1.29, 1.82) is 0 Å². The third-order valence-corrected chi connectivity index (χ3v) is 3.49. The molecule has 0 bridgehead atoms. The van der Waals surface area contributed by atoms with Crippen molar-refractivity contribution in [3.05, 3.63) is 0 Å². The van der Waals surface area contributed by atoms with Crippen molar-refractivity contribution in [2.45, 2.75) is 58.4 Å². The van der Waals surface area contributed by atoms with Crippen LogP contribution in [-0.2, 0) is 9.59 Å². The van der Waals surface area contributed by atoms with E-state index in [0.717, 1.165) is 19.3 Å². The molecule has 1 rings (SSSR count). The summed E-state index contributed by atoms with van der Waals surface area (Å²) in [5, 5.41) is 11.6. The molecule has 3 unspecified atom stereocenters. The Morgan fingerprint density at radius 1 is 1.41 bits per heavy atom. The highest BCUT2D eigenvalue weighted by Gasteiger charge is 2.25. The molecule has 0 heterocycles. The minimum Gasteiger partial charge on any atom is -0.480 e. The van der Waals surface area contributed by atoms with E-state index in [-0.39, 0.29) is 5.91 Å². The Hall–Kier alpha value is -1.06. The summed E-state index contributed by atoms with van der Waals surface area (Å²) in [5.41, 5.74) is 0. The maximum atomic E-state index is 11.7. The average Bonchev–Trinajstić information content (AvgIpc) is 2.63. The lowest BCUT2D eigenvalue weighted by atomic mass is 10.0.